The van der Waals surface area contributed by atoms with Crippen LogP contribution < -0.4 is 0 Å². The second-order valence-electron chi connectivity index (χ2n) is 5.74. The van der Waals surface area contributed by atoms with Crippen molar-refractivity contribution < 1.29 is 14.6 Å². The van der Waals surface area contributed by atoms with Crippen molar-refractivity contribution >= 4 is 5.97 Å². The maximum Gasteiger partial charge on any atom is 0.303 e. The largest absolute Gasteiger partial charge is 0.481 e. The van der Waals surface area contributed by atoms with Gasteiger partial charge in [0.15, 0.2) is 0 Å². The third-order valence-corrected chi connectivity index (χ3v) is 3.78. The minimum Gasteiger partial charge on any atom is -0.481 e. The molecule has 0 aromatic rings. The standard InChI is InChI=1S/C18H30O3/c1-2-3-4-5-7-10-13-16-17(21-16)14-11-8-6-9-12-15-18(19)20/h3-4,7,10,16-17H,2,5-6,8-9,11-15H2,1H3,(H,19,20)/b4-3-,10-7-/t16-,17+/m0/s1. The van der Waals surface area contributed by atoms with E-state index in [4.69, 9.17) is 9.84 Å². The lowest BCUT2D eigenvalue weighted by Crippen LogP contribution is -1.94. The van der Waals surface area contributed by atoms with E-state index in [1.54, 1.807) is 0 Å². The summed E-state index contributed by atoms with van der Waals surface area (Å²) in [4.78, 5) is 10.4. The summed E-state index contributed by atoms with van der Waals surface area (Å²) in [6, 6.07) is 0. The molecule has 0 radical (unpaired) electrons. The van der Waals surface area contributed by atoms with Crippen LogP contribution in [0.3, 0.4) is 0 Å². The summed E-state index contributed by atoms with van der Waals surface area (Å²) in [5.74, 6) is -0.678. The molecule has 0 spiro atoms. The zero-order chi connectivity index (χ0) is 15.3. The van der Waals surface area contributed by atoms with E-state index in [1.807, 2.05) is 0 Å². The van der Waals surface area contributed by atoms with E-state index in [9.17, 15) is 4.79 Å². The van der Waals surface area contributed by atoms with Gasteiger partial charge in [-0.25, -0.2) is 0 Å². The first kappa shape index (κ1) is 18.0. The van der Waals surface area contributed by atoms with E-state index in [2.05, 4.69) is 31.2 Å². The van der Waals surface area contributed by atoms with Crippen molar-refractivity contribution in [3.63, 3.8) is 0 Å². The van der Waals surface area contributed by atoms with Crippen molar-refractivity contribution in [3.8, 4) is 0 Å². The fraction of sp³-hybridized carbons (Fsp3) is 0.722. The molecular weight excluding hydrogens is 264 g/mol. The van der Waals surface area contributed by atoms with E-state index in [-0.39, 0.29) is 0 Å². The third kappa shape index (κ3) is 10.3. The highest BCUT2D eigenvalue weighted by Gasteiger charge is 2.36. The summed E-state index contributed by atoms with van der Waals surface area (Å²) in [7, 11) is 0. The Bertz CT molecular complexity index is 333. The van der Waals surface area contributed by atoms with Crippen LogP contribution in [-0.4, -0.2) is 23.3 Å². The molecule has 0 amide bonds. The third-order valence-electron chi connectivity index (χ3n) is 3.78. The highest BCUT2D eigenvalue weighted by atomic mass is 16.6. The van der Waals surface area contributed by atoms with Crippen LogP contribution in [0.4, 0.5) is 0 Å². The van der Waals surface area contributed by atoms with Gasteiger partial charge >= 0.3 is 5.97 Å². The number of ether oxygens (including phenoxy) is 1. The number of epoxide rings is 1. The molecule has 1 aliphatic rings. The maximum absolute atomic E-state index is 10.4. The molecule has 0 bridgehead atoms. The Morgan fingerprint density at radius 3 is 2.48 bits per heavy atom. The lowest BCUT2D eigenvalue weighted by Gasteiger charge is -1.99. The fourth-order valence-corrected chi connectivity index (χ4v) is 2.46. The van der Waals surface area contributed by atoms with Crippen LogP contribution >= 0.6 is 0 Å². The second-order valence-corrected chi connectivity index (χ2v) is 5.74. The molecule has 0 aliphatic carbocycles. The lowest BCUT2D eigenvalue weighted by atomic mass is 10.1. The van der Waals surface area contributed by atoms with Gasteiger partial charge in [0.25, 0.3) is 0 Å². The van der Waals surface area contributed by atoms with Gasteiger partial charge in [0.2, 0.25) is 0 Å². The average Bonchev–Trinajstić information content (AvgIpc) is 3.20. The highest BCUT2D eigenvalue weighted by Crippen LogP contribution is 2.30. The number of allylic oxidation sites excluding steroid dienone is 3. The van der Waals surface area contributed by atoms with Crippen LogP contribution in [0.2, 0.25) is 0 Å². The van der Waals surface area contributed by atoms with E-state index in [0.29, 0.717) is 18.6 Å². The van der Waals surface area contributed by atoms with Crippen LogP contribution in [0.25, 0.3) is 0 Å². The van der Waals surface area contributed by atoms with Crippen LogP contribution in [0.15, 0.2) is 24.3 Å². The lowest BCUT2D eigenvalue weighted by molar-refractivity contribution is -0.137. The van der Waals surface area contributed by atoms with Crippen LogP contribution in [-0.2, 0) is 9.53 Å². The number of hydrogen-bond acceptors (Lipinski definition) is 2. The zero-order valence-electron chi connectivity index (χ0n) is 13.3. The van der Waals surface area contributed by atoms with Gasteiger partial charge in [-0.05, 0) is 32.1 Å². The summed E-state index contributed by atoms with van der Waals surface area (Å²) >= 11 is 0. The number of carboxylic acid groups (broad SMARTS) is 1. The number of carboxylic acids is 1. The molecule has 1 heterocycles. The van der Waals surface area contributed by atoms with Crippen molar-refractivity contribution in [2.45, 2.75) is 83.3 Å². The average molecular weight is 294 g/mol. The van der Waals surface area contributed by atoms with Gasteiger partial charge in [0.1, 0.15) is 0 Å². The van der Waals surface area contributed by atoms with Crippen molar-refractivity contribution in [3.05, 3.63) is 24.3 Å². The SMILES string of the molecule is CC/C=C\C/C=C\C[C@@H]1O[C@@H]1CCCCCCCC(=O)O. The number of carbonyl (C=O) groups is 1. The van der Waals surface area contributed by atoms with Crippen molar-refractivity contribution in [1.82, 2.24) is 0 Å². The molecule has 3 heteroatoms. The molecule has 0 saturated carbocycles. The summed E-state index contributed by atoms with van der Waals surface area (Å²) in [5.41, 5.74) is 0. The summed E-state index contributed by atoms with van der Waals surface area (Å²) < 4.78 is 5.66. The van der Waals surface area contributed by atoms with Gasteiger partial charge in [-0.3, -0.25) is 4.79 Å². The van der Waals surface area contributed by atoms with E-state index >= 15 is 0 Å². The first-order valence-electron chi connectivity index (χ1n) is 8.41. The van der Waals surface area contributed by atoms with Crippen LogP contribution in [0.1, 0.15) is 71.1 Å². The number of rotatable bonds is 13. The van der Waals surface area contributed by atoms with Gasteiger partial charge in [0, 0.05) is 6.42 Å². The molecule has 1 rings (SSSR count). The van der Waals surface area contributed by atoms with E-state index < -0.39 is 5.97 Å². The smallest absolute Gasteiger partial charge is 0.303 e. The quantitative estimate of drug-likeness (QED) is 0.299. The van der Waals surface area contributed by atoms with E-state index in [0.717, 1.165) is 44.9 Å². The normalized spacial score (nSPS) is 21.4. The fourth-order valence-electron chi connectivity index (χ4n) is 2.46. The first-order chi connectivity index (χ1) is 10.2. The van der Waals surface area contributed by atoms with Gasteiger partial charge < -0.3 is 9.84 Å². The Balaban J connectivity index is 1.86. The summed E-state index contributed by atoms with van der Waals surface area (Å²) in [5, 5.41) is 8.53. The summed E-state index contributed by atoms with van der Waals surface area (Å²) in [6.07, 6.45) is 19.8. The molecule has 1 fully saturated rings. The topological polar surface area (TPSA) is 49.8 Å². The molecule has 21 heavy (non-hydrogen) atoms. The van der Waals surface area contributed by atoms with Crippen molar-refractivity contribution in [2.75, 3.05) is 0 Å². The molecular formula is C18H30O3. The molecule has 120 valence electrons. The molecule has 0 aromatic heterocycles. The number of aliphatic carboxylic acids is 1. The molecule has 1 N–H and O–H groups in total. The molecule has 2 atom stereocenters. The Labute approximate surface area is 129 Å². The van der Waals surface area contributed by atoms with Gasteiger partial charge in [-0.1, -0.05) is 56.9 Å². The number of hydrogen-bond donors (Lipinski definition) is 1. The maximum atomic E-state index is 10.4. The monoisotopic (exact) mass is 294 g/mol. The van der Waals surface area contributed by atoms with Crippen molar-refractivity contribution in [1.29, 1.82) is 0 Å². The highest BCUT2D eigenvalue weighted by molar-refractivity contribution is 5.66. The first-order valence-corrected chi connectivity index (χ1v) is 8.41. The molecule has 0 unspecified atom stereocenters. The predicted molar refractivity (Wildman–Crippen MR) is 86.4 cm³/mol. The Kier molecular flexibility index (Phi) is 9.88. The van der Waals surface area contributed by atoms with Crippen molar-refractivity contribution in [2.24, 2.45) is 0 Å². The van der Waals surface area contributed by atoms with Crippen LogP contribution in [0.5, 0.6) is 0 Å². The predicted octanol–water partition coefficient (Wildman–Crippen LogP) is 4.87. The van der Waals surface area contributed by atoms with Crippen LogP contribution in [0, 0.1) is 0 Å². The summed E-state index contributed by atoms with van der Waals surface area (Å²) in [6.45, 7) is 2.15. The molecule has 1 aliphatic heterocycles. The molecule has 1 saturated heterocycles. The van der Waals surface area contributed by atoms with Gasteiger partial charge in [0.05, 0.1) is 12.2 Å². The second kappa shape index (κ2) is 11.6. The Hall–Kier alpha value is -1.09. The van der Waals surface area contributed by atoms with Gasteiger partial charge in [-0.15, -0.1) is 0 Å². The Morgan fingerprint density at radius 2 is 1.71 bits per heavy atom. The Morgan fingerprint density at radius 1 is 1.00 bits per heavy atom. The minimum atomic E-state index is -0.678. The number of unbranched alkanes of at least 4 members (excludes halogenated alkanes) is 4. The van der Waals surface area contributed by atoms with E-state index in [1.165, 1.54) is 12.8 Å². The minimum absolute atomic E-state index is 0.313. The molecule has 0 aromatic carbocycles. The molecule has 3 nitrogen and oxygen atoms in total. The zero-order valence-corrected chi connectivity index (χ0v) is 13.3. The van der Waals surface area contributed by atoms with Gasteiger partial charge in [-0.2, -0.15) is 0 Å².